The van der Waals surface area contributed by atoms with Crippen molar-refractivity contribution in [2.24, 2.45) is 0 Å². The molecule has 40 valence electrons. The van der Waals surface area contributed by atoms with Crippen molar-refractivity contribution in [3.8, 4) is 0 Å². The lowest BCUT2D eigenvalue weighted by Gasteiger charge is -1.89. The number of hydrazine groups is 1. The molecule has 0 amide bonds. The quantitative estimate of drug-likeness (QED) is 0.341. The summed E-state index contributed by atoms with van der Waals surface area (Å²) in [6.07, 6.45) is 4.41. The van der Waals surface area contributed by atoms with Gasteiger partial charge in [-0.25, -0.2) is 5.43 Å². The lowest BCUT2D eigenvalue weighted by Crippen LogP contribution is -2.20. The standard InChI is InChI=1S/C4H9N3/c1-6-7-4-2-3-5/h2-7H,1H3/b4-2-,5-3?. The normalized spacial score (nSPS) is 9.29. The summed E-state index contributed by atoms with van der Waals surface area (Å²) in [5, 5.41) is 6.50. The van der Waals surface area contributed by atoms with Gasteiger partial charge in [0.2, 0.25) is 0 Å². The van der Waals surface area contributed by atoms with Gasteiger partial charge in [0.1, 0.15) is 0 Å². The zero-order chi connectivity index (χ0) is 5.54. The van der Waals surface area contributed by atoms with Crippen LogP contribution >= 0.6 is 0 Å². The molecule has 0 aliphatic heterocycles. The molecule has 0 saturated carbocycles. The second kappa shape index (κ2) is 5.17. The van der Waals surface area contributed by atoms with Gasteiger partial charge < -0.3 is 10.8 Å². The van der Waals surface area contributed by atoms with Crippen LogP contribution < -0.4 is 10.9 Å². The number of hydrogen-bond acceptors (Lipinski definition) is 3. The molecule has 0 heterocycles. The van der Waals surface area contributed by atoms with Crippen molar-refractivity contribution in [3.05, 3.63) is 12.3 Å². The summed E-state index contributed by atoms with van der Waals surface area (Å²) in [5.74, 6) is 0. The van der Waals surface area contributed by atoms with Gasteiger partial charge in [-0.05, 0) is 6.08 Å². The highest BCUT2D eigenvalue weighted by molar-refractivity contribution is 5.67. The number of nitrogens with one attached hydrogen (secondary N) is 3. The molecule has 0 rings (SSSR count). The molecule has 0 aromatic rings. The van der Waals surface area contributed by atoms with E-state index < -0.39 is 0 Å². The van der Waals surface area contributed by atoms with E-state index in [2.05, 4.69) is 10.9 Å². The summed E-state index contributed by atoms with van der Waals surface area (Å²) < 4.78 is 0. The van der Waals surface area contributed by atoms with Crippen LogP contribution in [-0.2, 0) is 0 Å². The maximum absolute atomic E-state index is 6.50. The zero-order valence-electron chi connectivity index (χ0n) is 4.23. The molecule has 0 aromatic carbocycles. The number of allylic oxidation sites excluding steroid dienone is 1. The highest BCUT2D eigenvalue weighted by Crippen LogP contribution is 1.52. The van der Waals surface area contributed by atoms with Crippen molar-refractivity contribution in [2.45, 2.75) is 0 Å². The van der Waals surface area contributed by atoms with Gasteiger partial charge in [0, 0.05) is 19.5 Å². The van der Waals surface area contributed by atoms with E-state index in [4.69, 9.17) is 5.41 Å². The van der Waals surface area contributed by atoms with Crippen molar-refractivity contribution in [3.63, 3.8) is 0 Å². The summed E-state index contributed by atoms with van der Waals surface area (Å²) in [6, 6.07) is 0. The van der Waals surface area contributed by atoms with Crippen molar-refractivity contribution >= 4 is 6.21 Å². The van der Waals surface area contributed by atoms with E-state index in [0.29, 0.717) is 0 Å². The molecular formula is C4H9N3. The van der Waals surface area contributed by atoms with Crippen molar-refractivity contribution < 1.29 is 0 Å². The Balaban J connectivity index is 2.92. The summed E-state index contributed by atoms with van der Waals surface area (Å²) in [4.78, 5) is 0. The Morgan fingerprint density at radius 2 is 2.29 bits per heavy atom. The highest BCUT2D eigenvalue weighted by Gasteiger charge is 1.58. The molecule has 0 spiro atoms. The van der Waals surface area contributed by atoms with Crippen molar-refractivity contribution in [1.29, 1.82) is 5.41 Å². The van der Waals surface area contributed by atoms with Gasteiger partial charge in [0.15, 0.2) is 0 Å². The van der Waals surface area contributed by atoms with Crippen LogP contribution in [0.15, 0.2) is 12.3 Å². The Labute approximate surface area is 42.9 Å². The fourth-order valence-corrected chi connectivity index (χ4v) is 0.180. The third-order valence-electron chi connectivity index (χ3n) is 0.420. The van der Waals surface area contributed by atoms with Crippen molar-refractivity contribution in [1.82, 2.24) is 10.9 Å². The first-order chi connectivity index (χ1) is 3.41. The second-order valence-corrected chi connectivity index (χ2v) is 0.920. The van der Waals surface area contributed by atoms with E-state index in [-0.39, 0.29) is 0 Å². The van der Waals surface area contributed by atoms with Gasteiger partial charge in [-0.15, -0.1) is 0 Å². The third-order valence-corrected chi connectivity index (χ3v) is 0.420. The molecule has 0 atom stereocenters. The van der Waals surface area contributed by atoms with Gasteiger partial charge in [-0.2, -0.15) is 0 Å². The average Bonchev–Trinajstić information content (AvgIpc) is 1.69. The molecule has 0 bridgehead atoms. The van der Waals surface area contributed by atoms with Crippen LogP contribution in [-0.4, -0.2) is 13.3 Å². The molecule has 0 radical (unpaired) electrons. The van der Waals surface area contributed by atoms with Crippen LogP contribution in [0.2, 0.25) is 0 Å². The van der Waals surface area contributed by atoms with Crippen molar-refractivity contribution in [2.75, 3.05) is 7.05 Å². The van der Waals surface area contributed by atoms with Gasteiger partial charge in [0.25, 0.3) is 0 Å². The average molecular weight is 99.1 g/mol. The van der Waals surface area contributed by atoms with E-state index in [1.807, 2.05) is 0 Å². The van der Waals surface area contributed by atoms with Gasteiger partial charge in [-0.1, -0.05) is 0 Å². The molecule has 3 N–H and O–H groups in total. The number of hydrogen-bond donors (Lipinski definition) is 3. The van der Waals surface area contributed by atoms with Gasteiger partial charge in [0.05, 0.1) is 0 Å². The Morgan fingerprint density at radius 3 is 2.71 bits per heavy atom. The van der Waals surface area contributed by atoms with Crippen LogP contribution in [0.1, 0.15) is 0 Å². The second-order valence-electron chi connectivity index (χ2n) is 0.920. The fraction of sp³-hybridized carbons (Fsp3) is 0.250. The van der Waals surface area contributed by atoms with Crippen LogP contribution in [0.25, 0.3) is 0 Å². The third kappa shape index (κ3) is 5.17. The van der Waals surface area contributed by atoms with Crippen LogP contribution in [0, 0.1) is 5.41 Å². The topological polar surface area (TPSA) is 47.9 Å². The van der Waals surface area contributed by atoms with Gasteiger partial charge in [-0.3, -0.25) is 0 Å². The van der Waals surface area contributed by atoms with E-state index in [1.165, 1.54) is 6.21 Å². The molecule has 0 saturated heterocycles. The maximum atomic E-state index is 6.50. The summed E-state index contributed by atoms with van der Waals surface area (Å²) in [5.41, 5.74) is 5.33. The molecule has 0 fully saturated rings. The van der Waals surface area contributed by atoms with E-state index >= 15 is 0 Å². The molecule has 3 nitrogen and oxygen atoms in total. The first-order valence-corrected chi connectivity index (χ1v) is 1.99. The summed E-state index contributed by atoms with van der Waals surface area (Å²) in [6.45, 7) is 0. The molecule has 0 aliphatic carbocycles. The minimum atomic E-state index is 1.20. The minimum absolute atomic E-state index is 1.20. The predicted octanol–water partition coefficient (Wildman–Crippen LogP) is -0.126. The predicted molar refractivity (Wildman–Crippen MR) is 30.1 cm³/mol. The molecule has 0 aliphatic rings. The molecule has 7 heavy (non-hydrogen) atoms. The smallest absolute Gasteiger partial charge is 0.0192 e. The lowest BCUT2D eigenvalue weighted by atomic mass is 10.7. The molecule has 0 aromatic heterocycles. The van der Waals surface area contributed by atoms with E-state index in [9.17, 15) is 0 Å². The maximum Gasteiger partial charge on any atom is 0.0192 e. The van der Waals surface area contributed by atoms with E-state index in [1.54, 1.807) is 19.3 Å². The molecular weight excluding hydrogens is 90.1 g/mol. The van der Waals surface area contributed by atoms with Gasteiger partial charge >= 0.3 is 0 Å². The number of rotatable bonds is 3. The Hall–Kier alpha value is -0.830. The minimum Gasteiger partial charge on any atom is -0.329 e. The van der Waals surface area contributed by atoms with Crippen LogP contribution in [0.5, 0.6) is 0 Å². The lowest BCUT2D eigenvalue weighted by molar-refractivity contribution is 0.731. The monoisotopic (exact) mass is 99.1 g/mol. The van der Waals surface area contributed by atoms with Crippen LogP contribution in [0.3, 0.4) is 0 Å². The van der Waals surface area contributed by atoms with E-state index in [0.717, 1.165) is 0 Å². The Kier molecular flexibility index (Phi) is 4.56. The molecule has 0 unspecified atom stereocenters. The van der Waals surface area contributed by atoms with Crippen LogP contribution in [0.4, 0.5) is 0 Å². The summed E-state index contributed by atoms with van der Waals surface area (Å²) >= 11 is 0. The summed E-state index contributed by atoms with van der Waals surface area (Å²) in [7, 11) is 1.76. The first-order valence-electron chi connectivity index (χ1n) is 1.99. The highest BCUT2D eigenvalue weighted by atomic mass is 15.3. The zero-order valence-corrected chi connectivity index (χ0v) is 4.23. The molecule has 3 heteroatoms. The largest absolute Gasteiger partial charge is 0.329 e. The Morgan fingerprint density at radius 1 is 1.57 bits per heavy atom. The first kappa shape index (κ1) is 6.17. The fourth-order valence-electron chi connectivity index (χ4n) is 0.180. The SMILES string of the molecule is CNN/C=C\C=N. The Bertz CT molecular complexity index is 67.3.